The first-order chi connectivity index (χ1) is 10.9. The first-order valence-corrected chi connectivity index (χ1v) is 5.52. The van der Waals surface area contributed by atoms with Crippen LogP contribution >= 0.6 is 0 Å². The third kappa shape index (κ3) is 24.2. The monoisotopic (exact) mass is 534 g/mol. The SMILES string of the molecule is O=C([O-])C=C(CC(=O)[O-])C(=O)[O-].O=C([O-])C=C(CC(=O)[O-])C(=O)[O-].[Zn+2].[Zn+2].[Zn+2]. The number of carboxylic acid groups (broad SMARTS) is 6. The fourth-order valence-corrected chi connectivity index (χ4v) is 0.960. The minimum Gasteiger partial charge on any atom is -0.550 e. The van der Waals surface area contributed by atoms with E-state index in [1.54, 1.807) is 0 Å². The van der Waals surface area contributed by atoms with Gasteiger partial charge in [-0.2, -0.15) is 0 Å². The van der Waals surface area contributed by atoms with Gasteiger partial charge in [-0.15, -0.1) is 0 Å². The fourth-order valence-electron chi connectivity index (χ4n) is 0.960. The zero-order chi connectivity index (χ0) is 19.4. The Morgan fingerprint density at radius 1 is 0.519 bits per heavy atom. The molecule has 0 fully saturated rings. The Morgan fingerprint density at radius 2 is 0.741 bits per heavy atom. The van der Waals surface area contributed by atoms with Gasteiger partial charge in [0.2, 0.25) is 0 Å². The third-order valence-electron chi connectivity index (χ3n) is 1.78. The number of rotatable bonds is 8. The van der Waals surface area contributed by atoms with Crippen LogP contribution < -0.4 is 30.6 Å². The number of hydrogen-bond acceptors (Lipinski definition) is 12. The van der Waals surface area contributed by atoms with Gasteiger partial charge in [-0.3, -0.25) is 0 Å². The molecule has 0 unspecified atom stereocenters. The number of aliphatic carboxylic acids is 6. The van der Waals surface area contributed by atoms with Gasteiger partial charge in [0.05, 0.1) is 23.9 Å². The van der Waals surface area contributed by atoms with Crippen LogP contribution in [0.1, 0.15) is 12.8 Å². The molecular formula is C12H6O12Zn3. The van der Waals surface area contributed by atoms with E-state index >= 15 is 0 Å². The van der Waals surface area contributed by atoms with E-state index in [0.717, 1.165) is 0 Å². The molecule has 0 aliphatic heterocycles. The molecular weight excluding hydrogens is 532 g/mol. The first kappa shape index (κ1) is 36.1. The average Bonchev–Trinajstić information content (AvgIpc) is 2.35. The molecule has 0 bridgehead atoms. The van der Waals surface area contributed by atoms with E-state index < -0.39 is 59.8 Å². The second kappa shape index (κ2) is 18.9. The smallest absolute Gasteiger partial charge is 0.550 e. The summed E-state index contributed by atoms with van der Waals surface area (Å²) in [4.78, 5) is 59.3. The van der Waals surface area contributed by atoms with Gasteiger partial charge in [-0.05, 0) is 23.3 Å². The van der Waals surface area contributed by atoms with E-state index in [1.165, 1.54) is 0 Å². The van der Waals surface area contributed by atoms with Gasteiger partial charge in [-0.1, -0.05) is 0 Å². The van der Waals surface area contributed by atoms with Crippen molar-refractivity contribution in [2.75, 3.05) is 0 Å². The predicted molar refractivity (Wildman–Crippen MR) is 55.4 cm³/mol. The molecule has 27 heavy (non-hydrogen) atoms. The van der Waals surface area contributed by atoms with Crippen molar-refractivity contribution in [1.29, 1.82) is 0 Å². The van der Waals surface area contributed by atoms with Crippen molar-refractivity contribution in [3.8, 4) is 0 Å². The standard InChI is InChI=1S/2C6H6O6.3Zn/c2*7-4(8)1-3(6(11)12)2-5(9)10;;;/h2*1H,2H2,(H,7,8)(H,9,10)(H,11,12);;;/q;;3*+2/p-6. The fraction of sp³-hybridized carbons (Fsp3) is 0.167. The maximum Gasteiger partial charge on any atom is 2.00 e. The maximum absolute atomic E-state index is 10.0. The molecule has 0 heterocycles. The Morgan fingerprint density at radius 3 is 0.852 bits per heavy atom. The Balaban J connectivity index is -0.000000108. The Labute approximate surface area is 189 Å². The Bertz CT molecular complexity index is 569. The molecule has 15 heteroatoms. The van der Waals surface area contributed by atoms with E-state index in [-0.39, 0.29) is 70.6 Å². The van der Waals surface area contributed by atoms with Crippen LogP contribution in [0.5, 0.6) is 0 Å². The van der Waals surface area contributed by atoms with Gasteiger partial charge < -0.3 is 59.4 Å². The number of hydrogen-bond donors (Lipinski definition) is 0. The van der Waals surface area contributed by atoms with Gasteiger partial charge in [0.25, 0.3) is 0 Å². The molecule has 12 nitrogen and oxygen atoms in total. The topological polar surface area (TPSA) is 241 Å². The van der Waals surface area contributed by atoms with Gasteiger partial charge in [-0.25, -0.2) is 0 Å². The first-order valence-electron chi connectivity index (χ1n) is 5.52. The van der Waals surface area contributed by atoms with Crippen molar-refractivity contribution in [1.82, 2.24) is 0 Å². The van der Waals surface area contributed by atoms with Crippen molar-refractivity contribution in [2.45, 2.75) is 12.8 Å². The molecule has 0 radical (unpaired) electrons. The zero-order valence-corrected chi connectivity index (χ0v) is 22.5. The van der Waals surface area contributed by atoms with Gasteiger partial charge in [0, 0.05) is 24.8 Å². The molecule has 0 aromatic heterocycles. The normalized spacial score (nSPS) is 9.63. The quantitative estimate of drug-likeness (QED) is 0.207. The van der Waals surface area contributed by atoms with Crippen molar-refractivity contribution in [3.63, 3.8) is 0 Å². The zero-order valence-electron chi connectivity index (χ0n) is 13.6. The summed E-state index contributed by atoms with van der Waals surface area (Å²) in [6, 6.07) is 0. The van der Waals surface area contributed by atoms with Crippen molar-refractivity contribution in [3.05, 3.63) is 23.3 Å². The van der Waals surface area contributed by atoms with Crippen LogP contribution in [0, 0.1) is 0 Å². The summed E-state index contributed by atoms with van der Waals surface area (Å²) < 4.78 is 0. The molecule has 0 saturated heterocycles. The van der Waals surface area contributed by atoms with E-state index in [2.05, 4.69) is 0 Å². The van der Waals surface area contributed by atoms with Crippen LogP contribution in [-0.2, 0) is 87.2 Å². The van der Waals surface area contributed by atoms with Crippen LogP contribution in [0.3, 0.4) is 0 Å². The summed E-state index contributed by atoms with van der Waals surface area (Å²) in [6.45, 7) is 0. The third-order valence-corrected chi connectivity index (χ3v) is 1.78. The summed E-state index contributed by atoms with van der Waals surface area (Å²) in [6.07, 6.45) is -1.75. The number of carboxylic acids is 6. The van der Waals surface area contributed by atoms with E-state index in [4.69, 9.17) is 0 Å². The predicted octanol–water partition coefficient (Wildman–Crippen LogP) is -8.90. The van der Waals surface area contributed by atoms with Crippen LogP contribution in [0.2, 0.25) is 0 Å². The summed E-state index contributed by atoms with van der Waals surface area (Å²) in [5.74, 6) is -10.7. The molecule has 132 valence electrons. The molecule has 0 saturated carbocycles. The van der Waals surface area contributed by atoms with Gasteiger partial charge >= 0.3 is 58.4 Å². The Hall–Kier alpha value is -1.83. The number of carbonyl (C=O) groups is 6. The molecule has 0 atom stereocenters. The second-order valence-corrected chi connectivity index (χ2v) is 3.65. The van der Waals surface area contributed by atoms with Crippen molar-refractivity contribution in [2.24, 2.45) is 0 Å². The van der Waals surface area contributed by atoms with Crippen LogP contribution in [0.25, 0.3) is 0 Å². The summed E-state index contributed by atoms with van der Waals surface area (Å²) >= 11 is 0. The number of carbonyl (C=O) groups excluding carboxylic acids is 6. The minimum absolute atomic E-state index is 0. The van der Waals surface area contributed by atoms with Gasteiger partial charge in [0.15, 0.2) is 0 Å². The van der Waals surface area contributed by atoms with E-state index in [9.17, 15) is 59.4 Å². The average molecular weight is 538 g/mol. The molecule has 0 amide bonds. The maximum atomic E-state index is 10.0. The summed E-state index contributed by atoms with van der Waals surface area (Å²) in [5, 5.41) is 59.3. The molecule has 0 N–H and O–H groups in total. The molecule has 0 rings (SSSR count). The molecule has 0 aliphatic rings. The minimum atomic E-state index is -1.87. The van der Waals surface area contributed by atoms with Crippen molar-refractivity contribution < 1.29 is 118 Å². The molecule has 0 aliphatic carbocycles. The van der Waals surface area contributed by atoms with Crippen LogP contribution in [0.15, 0.2) is 23.3 Å². The molecule has 0 spiro atoms. The summed E-state index contributed by atoms with van der Waals surface area (Å²) in [5.41, 5.74) is -1.79. The second-order valence-electron chi connectivity index (χ2n) is 3.65. The van der Waals surface area contributed by atoms with Gasteiger partial charge in [0.1, 0.15) is 0 Å². The molecule has 0 aromatic carbocycles. The van der Waals surface area contributed by atoms with E-state index in [1.807, 2.05) is 0 Å². The molecule has 0 aromatic rings. The summed E-state index contributed by atoms with van der Waals surface area (Å²) in [7, 11) is 0. The van der Waals surface area contributed by atoms with Crippen LogP contribution in [0.4, 0.5) is 0 Å². The Kier molecular flexibility index (Phi) is 25.4. The van der Waals surface area contributed by atoms with Crippen LogP contribution in [-0.4, -0.2) is 35.8 Å². The van der Waals surface area contributed by atoms with Crippen molar-refractivity contribution >= 4 is 35.8 Å². The largest absolute Gasteiger partial charge is 2.00 e. The van der Waals surface area contributed by atoms with E-state index in [0.29, 0.717) is 0 Å².